The van der Waals surface area contributed by atoms with Gasteiger partial charge in [0.15, 0.2) is 0 Å². The lowest BCUT2D eigenvalue weighted by Gasteiger charge is -2.20. The van der Waals surface area contributed by atoms with Crippen molar-refractivity contribution in [3.05, 3.63) is 35.4 Å². The van der Waals surface area contributed by atoms with Gasteiger partial charge >= 0.3 is 0 Å². The summed E-state index contributed by atoms with van der Waals surface area (Å²) in [5, 5.41) is 0. The Morgan fingerprint density at radius 2 is 1.60 bits per heavy atom. The van der Waals surface area contributed by atoms with Crippen LogP contribution in [0.5, 0.6) is 0 Å². The van der Waals surface area contributed by atoms with E-state index in [9.17, 15) is 0 Å². The van der Waals surface area contributed by atoms with Crippen LogP contribution in [0.2, 0.25) is 0 Å². The minimum Gasteiger partial charge on any atom is -0.329 e. The molecule has 0 aromatic heterocycles. The molecule has 0 heterocycles. The molecule has 0 bridgehead atoms. The topological polar surface area (TPSA) is 52.0 Å². The van der Waals surface area contributed by atoms with Crippen LogP contribution < -0.4 is 11.5 Å². The summed E-state index contributed by atoms with van der Waals surface area (Å²) in [4.78, 5) is 0. The van der Waals surface area contributed by atoms with Crippen molar-refractivity contribution < 1.29 is 0 Å². The lowest BCUT2D eigenvalue weighted by molar-refractivity contribution is 0.589. The van der Waals surface area contributed by atoms with E-state index >= 15 is 0 Å². The second-order valence-corrected chi connectivity index (χ2v) is 4.71. The molecular weight excluding hydrogens is 208 g/mol. The normalized spacial score (nSPS) is 13.1. The summed E-state index contributed by atoms with van der Waals surface area (Å²) in [7, 11) is 0. The zero-order valence-electron chi connectivity index (χ0n) is 9.66. The van der Waals surface area contributed by atoms with Gasteiger partial charge in [-0.3, -0.25) is 0 Å². The summed E-state index contributed by atoms with van der Waals surface area (Å²) in [6.07, 6.45) is 0. The van der Waals surface area contributed by atoms with Gasteiger partial charge in [-0.2, -0.15) is 0 Å². The zero-order valence-corrected chi connectivity index (χ0v) is 10.5. The molecule has 1 aromatic rings. The van der Waals surface area contributed by atoms with E-state index in [1.54, 1.807) is 0 Å². The SMILES string of the molecule is CC(C)(C)c1ccc([C@@H](N)CN)cc1.Cl. The Morgan fingerprint density at radius 1 is 1.13 bits per heavy atom. The van der Waals surface area contributed by atoms with Crippen molar-refractivity contribution in [2.75, 3.05) is 6.54 Å². The molecule has 0 amide bonds. The van der Waals surface area contributed by atoms with Crippen LogP contribution in [0.15, 0.2) is 24.3 Å². The van der Waals surface area contributed by atoms with Gasteiger partial charge in [-0.05, 0) is 16.5 Å². The Morgan fingerprint density at radius 3 is 1.93 bits per heavy atom. The van der Waals surface area contributed by atoms with Crippen LogP contribution in [0.3, 0.4) is 0 Å². The van der Waals surface area contributed by atoms with Crippen molar-refractivity contribution in [2.24, 2.45) is 11.5 Å². The smallest absolute Gasteiger partial charge is 0.0419 e. The Balaban J connectivity index is 0.00000196. The van der Waals surface area contributed by atoms with E-state index in [2.05, 4.69) is 45.0 Å². The molecule has 0 saturated carbocycles. The molecule has 0 unspecified atom stereocenters. The van der Waals surface area contributed by atoms with Crippen LogP contribution in [-0.2, 0) is 5.41 Å². The lowest BCUT2D eigenvalue weighted by atomic mass is 9.86. The first-order valence-electron chi connectivity index (χ1n) is 5.01. The van der Waals surface area contributed by atoms with Crippen molar-refractivity contribution in [1.82, 2.24) is 0 Å². The summed E-state index contributed by atoms with van der Waals surface area (Å²) in [5.41, 5.74) is 14.0. The van der Waals surface area contributed by atoms with Gasteiger partial charge in [-0.1, -0.05) is 45.0 Å². The molecule has 4 N–H and O–H groups in total. The first-order chi connectivity index (χ1) is 6.45. The molecular formula is C12H21ClN2. The summed E-state index contributed by atoms with van der Waals surface area (Å²) in [5.74, 6) is 0. The van der Waals surface area contributed by atoms with Gasteiger partial charge in [0.25, 0.3) is 0 Å². The second kappa shape index (κ2) is 5.50. The summed E-state index contributed by atoms with van der Waals surface area (Å²) in [6.45, 7) is 7.09. The standard InChI is InChI=1S/C12H20N2.ClH/c1-12(2,3)10-6-4-9(5-7-10)11(14)8-13;/h4-7,11H,8,13-14H2,1-3H3;1H/t11-;/m0./s1. The monoisotopic (exact) mass is 228 g/mol. The van der Waals surface area contributed by atoms with Gasteiger partial charge < -0.3 is 11.5 Å². The average Bonchev–Trinajstić information content (AvgIpc) is 2.15. The highest BCUT2D eigenvalue weighted by atomic mass is 35.5. The zero-order chi connectivity index (χ0) is 10.8. The fourth-order valence-corrected chi connectivity index (χ4v) is 1.37. The molecule has 2 nitrogen and oxygen atoms in total. The van der Waals surface area contributed by atoms with Crippen molar-refractivity contribution >= 4 is 12.4 Å². The van der Waals surface area contributed by atoms with Crippen LogP contribution >= 0.6 is 12.4 Å². The van der Waals surface area contributed by atoms with Gasteiger partial charge in [0.2, 0.25) is 0 Å². The third-order valence-electron chi connectivity index (χ3n) is 2.46. The van der Waals surface area contributed by atoms with E-state index < -0.39 is 0 Å². The van der Waals surface area contributed by atoms with Gasteiger partial charge in [0.05, 0.1) is 0 Å². The second-order valence-electron chi connectivity index (χ2n) is 4.71. The van der Waals surface area contributed by atoms with Crippen molar-refractivity contribution in [2.45, 2.75) is 32.2 Å². The predicted octanol–water partition coefficient (Wildman–Crippen LogP) is 2.36. The van der Waals surface area contributed by atoms with E-state index in [1.807, 2.05) is 0 Å². The van der Waals surface area contributed by atoms with E-state index in [-0.39, 0.29) is 23.9 Å². The molecule has 15 heavy (non-hydrogen) atoms. The third-order valence-corrected chi connectivity index (χ3v) is 2.46. The molecule has 0 spiro atoms. The van der Waals surface area contributed by atoms with Crippen LogP contribution in [0.25, 0.3) is 0 Å². The molecule has 1 rings (SSSR count). The van der Waals surface area contributed by atoms with E-state index in [1.165, 1.54) is 5.56 Å². The van der Waals surface area contributed by atoms with Crippen LogP contribution in [-0.4, -0.2) is 6.54 Å². The van der Waals surface area contributed by atoms with Crippen LogP contribution in [0, 0.1) is 0 Å². The maximum atomic E-state index is 5.83. The fourth-order valence-electron chi connectivity index (χ4n) is 1.37. The Bertz CT molecular complexity index is 287. The number of rotatable bonds is 2. The number of halogens is 1. The van der Waals surface area contributed by atoms with Crippen LogP contribution in [0.1, 0.15) is 37.9 Å². The number of benzene rings is 1. The number of hydrogen-bond acceptors (Lipinski definition) is 2. The Labute approximate surface area is 98.5 Å². The molecule has 86 valence electrons. The molecule has 1 aromatic carbocycles. The Kier molecular flexibility index (Phi) is 5.29. The highest BCUT2D eigenvalue weighted by molar-refractivity contribution is 5.85. The van der Waals surface area contributed by atoms with Crippen molar-refractivity contribution in [1.29, 1.82) is 0 Å². The molecule has 0 saturated heterocycles. The van der Waals surface area contributed by atoms with Crippen molar-refractivity contribution in [3.63, 3.8) is 0 Å². The fraction of sp³-hybridized carbons (Fsp3) is 0.500. The molecule has 0 aliphatic rings. The molecule has 0 aliphatic heterocycles. The molecule has 1 atom stereocenters. The minimum absolute atomic E-state index is 0. The van der Waals surface area contributed by atoms with Gasteiger partial charge in [0.1, 0.15) is 0 Å². The highest BCUT2D eigenvalue weighted by Gasteiger charge is 2.13. The molecule has 3 heteroatoms. The van der Waals surface area contributed by atoms with Gasteiger partial charge in [0, 0.05) is 12.6 Å². The predicted molar refractivity (Wildman–Crippen MR) is 68.4 cm³/mol. The van der Waals surface area contributed by atoms with E-state index in [0.717, 1.165) is 5.56 Å². The lowest BCUT2D eigenvalue weighted by Crippen LogP contribution is -2.21. The van der Waals surface area contributed by atoms with Crippen molar-refractivity contribution in [3.8, 4) is 0 Å². The highest BCUT2D eigenvalue weighted by Crippen LogP contribution is 2.23. The maximum Gasteiger partial charge on any atom is 0.0419 e. The molecule has 0 radical (unpaired) electrons. The first-order valence-corrected chi connectivity index (χ1v) is 5.01. The quantitative estimate of drug-likeness (QED) is 0.817. The number of nitrogens with two attached hydrogens (primary N) is 2. The average molecular weight is 229 g/mol. The summed E-state index contributed by atoms with van der Waals surface area (Å²) >= 11 is 0. The third kappa shape index (κ3) is 3.82. The van der Waals surface area contributed by atoms with Crippen LogP contribution in [0.4, 0.5) is 0 Å². The Hall–Kier alpha value is -0.570. The summed E-state index contributed by atoms with van der Waals surface area (Å²) in [6, 6.07) is 8.36. The van der Waals surface area contributed by atoms with Gasteiger partial charge in [-0.15, -0.1) is 12.4 Å². The van der Waals surface area contributed by atoms with Gasteiger partial charge in [-0.25, -0.2) is 0 Å². The summed E-state index contributed by atoms with van der Waals surface area (Å²) < 4.78 is 0. The first kappa shape index (κ1) is 14.4. The number of hydrogen-bond donors (Lipinski definition) is 2. The largest absolute Gasteiger partial charge is 0.329 e. The molecule has 0 fully saturated rings. The molecule has 0 aliphatic carbocycles. The maximum absolute atomic E-state index is 5.83. The van der Waals surface area contributed by atoms with E-state index in [0.29, 0.717) is 6.54 Å². The van der Waals surface area contributed by atoms with E-state index in [4.69, 9.17) is 11.5 Å². The minimum atomic E-state index is -0.0379.